The summed E-state index contributed by atoms with van der Waals surface area (Å²) in [6.45, 7) is 0. The minimum absolute atomic E-state index is 0.122. The highest BCUT2D eigenvalue weighted by molar-refractivity contribution is 6.30. The second-order valence-electron chi connectivity index (χ2n) is 6.12. The molecule has 0 saturated heterocycles. The van der Waals surface area contributed by atoms with Gasteiger partial charge in [0.15, 0.2) is 5.82 Å². The highest BCUT2D eigenvalue weighted by Crippen LogP contribution is 2.23. The lowest BCUT2D eigenvalue weighted by atomic mass is 10.2. The van der Waals surface area contributed by atoms with Crippen LogP contribution in [-0.4, -0.2) is 20.7 Å². The molecule has 0 radical (unpaired) electrons. The van der Waals surface area contributed by atoms with Crippen molar-refractivity contribution in [3.05, 3.63) is 95.3 Å². The molecule has 1 amide bonds. The van der Waals surface area contributed by atoms with Gasteiger partial charge in [-0.15, -0.1) is 5.10 Å². The molecule has 0 saturated carbocycles. The van der Waals surface area contributed by atoms with Crippen LogP contribution in [0.3, 0.4) is 0 Å². The summed E-state index contributed by atoms with van der Waals surface area (Å²) in [7, 11) is 0. The fourth-order valence-electron chi connectivity index (χ4n) is 2.71. The number of carbonyl (C=O) groups is 1. The van der Waals surface area contributed by atoms with Crippen LogP contribution in [0, 0.1) is 11.6 Å². The van der Waals surface area contributed by atoms with Crippen molar-refractivity contribution in [1.29, 1.82) is 0 Å². The monoisotopic (exact) mass is 410 g/mol. The first-order chi connectivity index (χ1) is 14.0. The van der Waals surface area contributed by atoms with Crippen molar-refractivity contribution < 1.29 is 13.6 Å². The van der Waals surface area contributed by atoms with Gasteiger partial charge in [0.1, 0.15) is 11.6 Å². The summed E-state index contributed by atoms with van der Waals surface area (Å²) in [6, 6.07) is 18.0. The van der Waals surface area contributed by atoms with E-state index in [0.717, 1.165) is 0 Å². The topological polar surface area (TPSA) is 59.8 Å². The average molecular weight is 411 g/mol. The van der Waals surface area contributed by atoms with Crippen molar-refractivity contribution in [2.45, 2.75) is 0 Å². The van der Waals surface area contributed by atoms with Crippen LogP contribution in [0.15, 0.2) is 72.8 Å². The van der Waals surface area contributed by atoms with E-state index in [2.05, 4.69) is 15.4 Å². The van der Waals surface area contributed by atoms with Gasteiger partial charge >= 0.3 is 0 Å². The van der Waals surface area contributed by atoms with Gasteiger partial charge in [-0.05, 0) is 66.7 Å². The van der Waals surface area contributed by atoms with Crippen molar-refractivity contribution in [1.82, 2.24) is 14.8 Å². The third-order valence-electron chi connectivity index (χ3n) is 4.07. The molecule has 144 valence electrons. The number of nitrogens with zero attached hydrogens (tertiary/aromatic N) is 3. The van der Waals surface area contributed by atoms with Crippen molar-refractivity contribution in [3.8, 4) is 17.1 Å². The number of aromatic nitrogens is 3. The summed E-state index contributed by atoms with van der Waals surface area (Å²) in [5.41, 5.74) is 1.46. The van der Waals surface area contributed by atoms with Crippen LogP contribution < -0.4 is 5.32 Å². The van der Waals surface area contributed by atoms with Crippen LogP contribution in [0.5, 0.6) is 0 Å². The second-order valence-corrected chi connectivity index (χ2v) is 6.56. The lowest BCUT2D eigenvalue weighted by Gasteiger charge is -2.06. The molecule has 0 aliphatic heterocycles. The Bertz CT molecular complexity index is 1110. The number of hydrogen-bond acceptors (Lipinski definition) is 3. The molecule has 3 aromatic carbocycles. The van der Waals surface area contributed by atoms with Gasteiger partial charge in [0.2, 0.25) is 5.82 Å². The molecule has 0 aliphatic rings. The first-order valence-corrected chi connectivity index (χ1v) is 8.93. The van der Waals surface area contributed by atoms with Crippen LogP contribution in [0.1, 0.15) is 10.6 Å². The van der Waals surface area contributed by atoms with E-state index in [4.69, 9.17) is 11.6 Å². The quantitative estimate of drug-likeness (QED) is 0.508. The molecule has 1 N–H and O–H groups in total. The molecule has 0 atom stereocenters. The number of amides is 1. The normalized spacial score (nSPS) is 10.7. The fraction of sp³-hybridized carbons (Fsp3) is 0. The zero-order chi connectivity index (χ0) is 20.4. The Labute approximate surface area is 169 Å². The molecule has 1 aromatic heterocycles. The minimum atomic E-state index is -0.605. The van der Waals surface area contributed by atoms with Gasteiger partial charge < -0.3 is 5.32 Å². The first kappa shape index (κ1) is 18.8. The third kappa shape index (κ3) is 4.14. The van der Waals surface area contributed by atoms with Gasteiger partial charge in [0.25, 0.3) is 5.91 Å². The molecule has 1 heterocycles. The lowest BCUT2D eigenvalue weighted by molar-refractivity contribution is 0.101. The highest BCUT2D eigenvalue weighted by atomic mass is 35.5. The smallest absolute Gasteiger partial charge is 0.295 e. The lowest BCUT2D eigenvalue weighted by Crippen LogP contribution is -2.14. The molecule has 0 fully saturated rings. The fourth-order valence-corrected chi connectivity index (χ4v) is 2.84. The predicted octanol–water partition coefficient (Wildman–Crippen LogP) is 5.12. The van der Waals surface area contributed by atoms with Crippen molar-refractivity contribution in [2.24, 2.45) is 0 Å². The molecule has 4 rings (SSSR count). The molecule has 0 bridgehead atoms. The number of anilines is 1. The summed E-state index contributed by atoms with van der Waals surface area (Å²) in [5, 5.41) is 7.38. The van der Waals surface area contributed by atoms with E-state index >= 15 is 0 Å². The van der Waals surface area contributed by atoms with Crippen LogP contribution >= 0.6 is 11.6 Å². The van der Waals surface area contributed by atoms with Gasteiger partial charge in [-0.2, -0.15) is 0 Å². The first-order valence-electron chi connectivity index (χ1n) is 8.55. The van der Waals surface area contributed by atoms with Gasteiger partial charge in [-0.25, -0.2) is 18.4 Å². The Morgan fingerprint density at radius 1 is 0.931 bits per heavy atom. The van der Waals surface area contributed by atoms with Crippen LogP contribution in [0.4, 0.5) is 14.5 Å². The summed E-state index contributed by atoms with van der Waals surface area (Å²) in [5.74, 6) is -1.23. The third-order valence-corrected chi connectivity index (χ3v) is 4.32. The average Bonchev–Trinajstić information content (AvgIpc) is 3.15. The summed E-state index contributed by atoms with van der Waals surface area (Å²) >= 11 is 5.95. The second kappa shape index (κ2) is 7.81. The van der Waals surface area contributed by atoms with E-state index in [1.807, 2.05) is 0 Å². The molecule has 0 spiro atoms. The largest absolute Gasteiger partial charge is 0.319 e. The highest BCUT2D eigenvalue weighted by Gasteiger charge is 2.19. The Morgan fingerprint density at radius 3 is 2.34 bits per heavy atom. The zero-order valence-electron chi connectivity index (χ0n) is 14.8. The SMILES string of the molecule is O=C(Nc1cccc(F)c1)c1nc(-c2ccc(Cl)cc2)n(-c2ccc(F)cc2)n1. The van der Waals surface area contributed by atoms with Gasteiger partial charge in [0, 0.05) is 16.3 Å². The van der Waals surface area contributed by atoms with E-state index in [1.165, 1.54) is 47.1 Å². The van der Waals surface area contributed by atoms with Crippen molar-refractivity contribution in [2.75, 3.05) is 5.32 Å². The number of rotatable bonds is 4. The molecule has 0 aliphatic carbocycles. The summed E-state index contributed by atoms with van der Waals surface area (Å²) < 4.78 is 28.1. The number of halogens is 3. The standard InChI is InChI=1S/C21H13ClF2N4O/c22-14-6-4-13(5-7-14)20-26-19(21(29)25-17-3-1-2-16(24)12-17)27-28(20)18-10-8-15(23)9-11-18/h1-12H,(H,25,29). The van der Waals surface area contributed by atoms with E-state index in [1.54, 1.807) is 30.3 Å². The minimum Gasteiger partial charge on any atom is -0.319 e. The number of benzene rings is 3. The Kier molecular flexibility index (Phi) is 5.05. The van der Waals surface area contributed by atoms with Gasteiger partial charge in [-0.1, -0.05) is 17.7 Å². The van der Waals surface area contributed by atoms with Crippen molar-refractivity contribution in [3.63, 3.8) is 0 Å². The predicted molar refractivity (Wildman–Crippen MR) is 106 cm³/mol. The van der Waals surface area contributed by atoms with E-state index in [-0.39, 0.29) is 11.5 Å². The molecule has 4 aromatic rings. The van der Waals surface area contributed by atoms with Crippen LogP contribution in [0.25, 0.3) is 17.1 Å². The van der Waals surface area contributed by atoms with E-state index in [0.29, 0.717) is 22.1 Å². The van der Waals surface area contributed by atoms with Crippen LogP contribution in [0.2, 0.25) is 5.02 Å². The molecule has 5 nitrogen and oxygen atoms in total. The number of carbonyl (C=O) groups excluding carboxylic acids is 1. The number of nitrogens with one attached hydrogen (secondary N) is 1. The van der Waals surface area contributed by atoms with Crippen molar-refractivity contribution >= 4 is 23.2 Å². The maximum absolute atomic E-state index is 13.4. The van der Waals surface area contributed by atoms with Gasteiger partial charge in [-0.3, -0.25) is 4.79 Å². The van der Waals surface area contributed by atoms with E-state index in [9.17, 15) is 13.6 Å². The molecule has 8 heteroatoms. The Balaban J connectivity index is 1.75. The summed E-state index contributed by atoms with van der Waals surface area (Å²) in [4.78, 5) is 16.9. The zero-order valence-corrected chi connectivity index (χ0v) is 15.6. The molecular weight excluding hydrogens is 398 g/mol. The van der Waals surface area contributed by atoms with E-state index < -0.39 is 17.5 Å². The maximum atomic E-state index is 13.4. The van der Waals surface area contributed by atoms with Crippen LogP contribution in [-0.2, 0) is 0 Å². The Morgan fingerprint density at radius 2 is 1.66 bits per heavy atom. The number of hydrogen-bond donors (Lipinski definition) is 1. The molecular formula is C21H13ClF2N4O. The molecule has 0 unspecified atom stereocenters. The van der Waals surface area contributed by atoms with Gasteiger partial charge in [0.05, 0.1) is 5.69 Å². The maximum Gasteiger partial charge on any atom is 0.295 e. The Hall–Kier alpha value is -3.58. The summed E-state index contributed by atoms with van der Waals surface area (Å²) in [6.07, 6.45) is 0. The molecule has 29 heavy (non-hydrogen) atoms.